The van der Waals surface area contributed by atoms with Gasteiger partial charge in [-0.3, -0.25) is 0 Å². The molecular weight excluding hydrogens is 264 g/mol. The summed E-state index contributed by atoms with van der Waals surface area (Å²) in [5, 5.41) is 10.1. The summed E-state index contributed by atoms with van der Waals surface area (Å²) in [6, 6.07) is 0. The molecule has 2 saturated heterocycles. The van der Waals surface area contributed by atoms with E-state index in [0.717, 1.165) is 12.8 Å². The Labute approximate surface area is 116 Å². The summed E-state index contributed by atoms with van der Waals surface area (Å²) < 4.78 is 28.4. The number of β-amino-alcohol motifs (C(OH)–C–C–N with tert-alkyl or cyclic N) is 1. The Bertz CT molecular complexity index is 404. The minimum Gasteiger partial charge on any atom is -0.389 e. The SMILES string of the molecule is CC1CC(C)CN(S(=O)(=O)N2CCCC(C)(O)C2)C1. The molecule has 2 rings (SSSR count). The third-order valence-corrected chi connectivity index (χ3v) is 6.04. The summed E-state index contributed by atoms with van der Waals surface area (Å²) in [5.41, 5.74) is -0.891. The third kappa shape index (κ3) is 3.48. The lowest BCUT2D eigenvalue weighted by Crippen LogP contribution is -2.55. The van der Waals surface area contributed by atoms with Crippen LogP contribution in [0.5, 0.6) is 0 Å². The van der Waals surface area contributed by atoms with Crippen LogP contribution in [0.25, 0.3) is 0 Å². The van der Waals surface area contributed by atoms with E-state index in [9.17, 15) is 13.5 Å². The summed E-state index contributed by atoms with van der Waals surface area (Å²) in [5.74, 6) is 0.813. The fourth-order valence-electron chi connectivity index (χ4n) is 3.33. The molecule has 0 aromatic heterocycles. The van der Waals surface area contributed by atoms with E-state index in [4.69, 9.17) is 0 Å². The first kappa shape index (κ1) is 15.2. The molecule has 2 fully saturated rings. The number of hydrogen-bond donors (Lipinski definition) is 1. The standard InChI is InChI=1S/C13H26N2O3S/c1-11-7-12(2)9-15(8-11)19(17,18)14-6-4-5-13(3,16)10-14/h11-12,16H,4-10H2,1-3H3. The molecule has 6 heteroatoms. The fourth-order valence-corrected chi connectivity index (χ4v) is 5.34. The van der Waals surface area contributed by atoms with Gasteiger partial charge in [0.05, 0.1) is 5.60 Å². The van der Waals surface area contributed by atoms with Gasteiger partial charge in [-0.2, -0.15) is 17.0 Å². The summed E-state index contributed by atoms with van der Waals surface area (Å²) >= 11 is 0. The largest absolute Gasteiger partial charge is 0.389 e. The molecule has 5 nitrogen and oxygen atoms in total. The lowest BCUT2D eigenvalue weighted by molar-refractivity contribution is 0.00712. The van der Waals surface area contributed by atoms with Gasteiger partial charge < -0.3 is 5.11 Å². The summed E-state index contributed by atoms with van der Waals surface area (Å²) in [6.45, 7) is 7.87. The van der Waals surface area contributed by atoms with Crippen molar-refractivity contribution in [1.82, 2.24) is 8.61 Å². The molecule has 0 aromatic rings. The Morgan fingerprint density at radius 2 is 1.74 bits per heavy atom. The molecular formula is C13H26N2O3S. The van der Waals surface area contributed by atoms with E-state index in [1.165, 1.54) is 4.31 Å². The summed E-state index contributed by atoms with van der Waals surface area (Å²) in [7, 11) is -3.42. The van der Waals surface area contributed by atoms with Crippen LogP contribution < -0.4 is 0 Å². The van der Waals surface area contributed by atoms with E-state index in [1.54, 1.807) is 11.2 Å². The summed E-state index contributed by atoms with van der Waals surface area (Å²) in [4.78, 5) is 0. The van der Waals surface area contributed by atoms with Crippen LogP contribution in [0.4, 0.5) is 0 Å². The maximum Gasteiger partial charge on any atom is 0.282 e. The second kappa shape index (κ2) is 5.31. The number of aliphatic hydroxyl groups is 1. The van der Waals surface area contributed by atoms with E-state index >= 15 is 0 Å². The molecule has 0 radical (unpaired) electrons. The molecule has 3 atom stereocenters. The average Bonchev–Trinajstić information content (AvgIpc) is 2.26. The van der Waals surface area contributed by atoms with Crippen LogP contribution in [0.1, 0.15) is 40.0 Å². The second-order valence-electron chi connectivity index (χ2n) is 6.70. The molecule has 2 heterocycles. The van der Waals surface area contributed by atoms with E-state index < -0.39 is 15.8 Å². The third-order valence-electron chi connectivity index (χ3n) is 4.13. The molecule has 0 spiro atoms. The van der Waals surface area contributed by atoms with Crippen LogP contribution in [0.3, 0.4) is 0 Å². The number of nitrogens with zero attached hydrogens (tertiary/aromatic N) is 2. The molecule has 3 unspecified atom stereocenters. The van der Waals surface area contributed by atoms with Gasteiger partial charge in [-0.1, -0.05) is 13.8 Å². The Balaban J connectivity index is 2.13. The predicted octanol–water partition coefficient (Wildman–Crippen LogP) is 1.06. The van der Waals surface area contributed by atoms with Crippen molar-refractivity contribution in [2.75, 3.05) is 26.2 Å². The minimum absolute atomic E-state index is 0.217. The number of rotatable bonds is 2. The van der Waals surface area contributed by atoms with E-state index in [2.05, 4.69) is 13.8 Å². The molecule has 0 amide bonds. The monoisotopic (exact) mass is 290 g/mol. The van der Waals surface area contributed by atoms with Crippen LogP contribution in [-0.2, 0) is 10.2 Å². The van der Waals surface area contributed by atoms with Gasteiger partial charge in [0.15, 0.2) is 0 Å². The predicted molar refractivity (Wildman–Crippen MR) is 74.9 cm³/mol. The number of piperidine rings is 2. The van der Waals surface area contributed by atoms with Crippen molar-refractivity contribution in [3.05, 3.63) is 0 Å². The van der Waals surface area contributed by atoms with Crippen molar-refractivity contribution < 1.29 is 13.5 Å². The zero-order valence-electron chi connectivity index (χ0n) is 12.2. The molecule has 1 N–H and O–H groups in total. The second-order valence-corrected chi connectivity index (χ2v) is 8.63. The Morgan fingerprint density at radius 3 is 2.26 bits per heavy atom. The van der Waals surface area contributed by atoms with E-state index in [1.807, 2.05) is 0 Å². The maximum atomic E-state index is 12.7. The van der Waals surface area contributed by atoms with Crippen LogP contribution in [0.2, 0.25) is 0 Å². The molecule has 0 bridgehead atoms. The van der Waals surface area contributed by atoms with Crippen molar-refractivity contribution in [3.63, 3.8) is 0 Å². The highest BCUT2D eigenvalue weighted by atomic mass is 32.2. The van der Waals surface area contributed by atoms with Crippen molar-refractivity contribution in [3.8, 4) is 0 Å². The van der Waals surface area contributed by atoms with Crippen molar-refractivity contribution in [2.45, 2.75) is 45.6 Å². The van der Waals surface area contributed by atoms with Gasteiger partial charge >= 0.3 is 0 Å². The van der Waals surface area contributed by atoms with Gasteiger partial charge in [0.2, 0.25) is 0 Å². The molecule has 19 heavy (non-hydrogen) atoms. The van der Waals surface area contributed by atoms with Gasteiger partial charge in [-0.05, 0) is 38.0 Å². The van der Waals surface area contributed by atoms with Crippen molar-refractivity contribution in [2.24, 2.45) is 11.8 Å². The van der Waals surface area contributed by atoms with Crippen molar-refractivity contribution in [1.29, 1.82) is 0 Å². The first-order valence-electron chi connectivity index (χ1n) is 7.18. The first-order chi connectivity index (χ1) is 8.71. The van der Waals surface area contributed by atoms with Crippen molar-refractivity contribution >= 4 is 10.2 Å². The number of hydrogen-bond acceptors (Lipinski definition) is 3. The zero-order valence-corrected chi connectivity index (χ0v) is 13.0. The average molecular weight is 290 g/mol. The molecule has 0 saturated carbocycles. The first-order valence-corrected chi connectivity index (χ1v) is 8.58. The normalized spacial score (nSPS) is 39.4. The maximum absolute atomic E-state index is 12.7. The Morgan fingerprint density at radius 1 is 1.16 bits per heavy atom. The smallest absolute Gasteiger partial charge is 0.282 e. The quantitative estimate of drug-likeness (QED) is 0.827. The van der Waals surface area contributed by atoms with E-state index in [-0.39, 0.29) is 6.54 Å². The van der Waals surface area contributed by atoms with Crippen LogP contribution in [0, 0.1) is 11.8 Å². The van der Waals surface area contributed by atoms with Gasteiger partial charge in [-0.15, -0.1) is 0 Å². The Hall–Kier alpha value is -0.170. The topological polar surface area (TPSA) is 60.9 Å². The minimum atomic E-state index is -3.42. The molecule has 112 valence electrons. The highest BCUT2D eigenvalue weighted by Gasteiger charge is 2.39. The zero-order chi connectivity index (χ0) is 14.3. The lowest BCUT2D eigenvalue weighted by atomic mass is 9.94. The highest BCUT2D eigenvalue weighted by molar-refractivity contribution is 7.86. The van der Waals surface area contributed by atoms with Gasteiger partial charge in [0, 0.05) is 26.2 Å². The summed E-state index contributed by atoms with van der Waals surface area (Å²) in [6.07, 6.45) is 2.49. The van der Waals surface area contributed by atoms with Gasteiger partial charge in [0.25, 0.3) is 10.2 Å². The van der Waals surface area contributed by atoms with Gasteiger partial charge in [-0.25, -0.2) is 0 Å². The molecule has 2 aliphatic rings. The van der Waals surface area contributed by atoms with Gasteiger partial charge in [0.1, 0.15) is 0 Å². The molecule has 2 aliphatic heterocycles. The van der Waals surface area contributed by atoms with Crippen LogP contribution >= 0.6 is 0 Å². The fraction of sp³-hybridized carbons (Fsp3) is 1.00. The highest BCUT2D eigenvalue weighted by Crippen LogP contribution is 2.28. The lowest BCUT2D eigenvalue weighted by Gasteiger charge is -2.41. The van der Waals surface area contributed by atoms with Crippen LogP contribution in [-0.4, -0.2) is 53.9 Å². The Kier molecular flexibility index (Phi) is 4.26. The molecule has 0 aromatic carbocycles. The van der Waals surface area contributed by atoms with Crippen LogP contribution in [0.15, 0.2) is 0 Å². The molecule has 0 aliphatic carbocycles. The van der Waals surface area contributed by atoms with E-state index in [0.29, 0.717) is 37.9 Å².